The van der Waals surface area contributed by atoms with E-state index in [1.54, 1.807) is 40.0 Å². The summed E-state index contributed by atoms with van der Waals surface area (Å²) in [5.41, 5.74) is 0.280. The predicted molar refractivity (Wildman–Crippen MR) is 92.7 cm³/mol. The molecule has 0 aliphatic carbocycles. The number of nitrogens with zero attached hydrogens (tertiary/aromatic N) is 2. The highest BCUT2D eigenvalue weighted by Crippen LogP contribution is 2.34. The van der Waals surface area contributed by atoms with Crippen molar-refractivity contribution in [3.8, 4) is 0 Å². The minimum Gasteiger partial charge on any atom is -0.466 e. The van der Waals surface area contributed by atoms with Crippen molar-refractivity contribution in [1.82, 2.24) is 4.98 Å². The monoisotopic (exact) mass is 354 g/mol. The van der Waals surface area contributed by atoms with Gasteiger partial charge in [-0.15, -0.1) is 0 Å². The first kappa shape index (κ1) is 18.7. The van der Waals surface area contributed by atoms with Crippen LogP contribution < -0.4 is 4.90 Å². The summed E-state index contributed by atoms with van der Waals surface area (Å²) >= 11 is 0. The third-order valence-electron chi connectivity index (χ3n) is 4.41. The Balaban J connectivity index is 2.17. The Labute approximate surface area is 144 Å². The molecular formula is C17H26N2O4S. The average molecular weight is 354 g/mol. The SMILES string of the molecule is CCOC(=O)C1(C)CCN(c2ccc(S(=O)(=O)C(C)(C)C)nc2)C1. The number of esters is 1. The van der Waals surface area contributed by atoms with E-state index in [2.05, 4.69) is 4.98 Å². The quantitative estimate of drug-likeness (QED) is 0.773. The molecule has 2 rings (SSSR count). The van der Waals surface area contributed by atoms with E-state index in [1.165, 1.54) is 6.07 Å². The second-order valence-corrected chi connectivity index (χ2v) is 10.1. The number of hydrogen-bond donors (Lipinski definition) is 0. The van der Waals surface area contributed by atoms with Crippen LogP contribution in [0.1, 0.15) is 41.0 Å². The largest absolute Gasteiger partial charge is 0.466 e. The van der Waals surface area contributed by atoms with Crippen molar-refractivity contribution in [2.45, 2.75) is 50.8 Å². The molecule has 1 atom stereocenters. The Hall–Kier alpha value is -1.63. The number of aromatic nitrogens is 1. The molecule has 24 heavy (non-hydrogen) atoms. The molecule has 1 unspecified atom stereocenters. The summed E-state index contributed by atoms with van der Waals surface area (Å²) < 4.78 is 29.1. The maximum absolute atomic E-state index is 12.4. The number of sulfone groups is 1. The first-order valence-electron chi connectivity index (χ1n) is 8.14. The minimum absolute atomic E-state index is 0.0751. The van der Waals surface area contributed by atoms with Crippen molar-refractivity contribution in [2.24, 2.45) is 5.41 Å². The van der Waals surface area contributed by atoms with Crippen molar-refractivity contribution >= 4 is 21.5 Å². The lowest BCUT2D eigenvalue weighted by atomic mass is 9.90. The van der Waals surface area contributed by atoms with E-state index >= 15 is 0 Å². The summed E-state index contributed by atoms with van der Waals surface area (Å²) in [6.07, 6.45) is 2.27. The molecule has 0 saturated carbocycles. The van der Waals surface area contributed by atoms with Crippen LogP contribution in [0.3, 0.4) is 0 Å². The Morgan fingerprint density at radius 2 is 2.04 bits per heavy atom. The molecule has 134 valence electrons. The van der Waals surface area contributed by atoms with Crippen LogP contribution in [0.25, 0.3) is 0 Å². The van der Waals surface area contributed by atoms with Crippen LogP contribution >= 0.6 is 0 Å². The van der Waals surface area contributed by atoms with Gasteiger partial charge in [-0.25, -0.2) is 13.4 Å². The number of anilines is 1. The maximum atomic E-state index is 12.4. The fraction of sp³-hybridized carbons (Fsp3) is 0.647. The zero-order valence-corrected chi connectivity index (χ0v) is 15.8. The number of carbonyl (C=O) groups excluding carboxylic acids is 1. The zero-order valence-electron chi connectivity index (χ0n) is 15.0. The molecule has 1 aromatic heterocycles. The lowest BCUT2D eigenvalue weighted by Gasteiger charge is -2.24. The van der Waals surface area contributed by atoms with Crippen LogP contribution in [0, 0.1) is 5.41 Å². The first-order chi connectivity index (χ1) is 11.0. The van der Waals surface area contributed by atoms with Gasteiger partial charge in [0.25, 0.3) is 0 Å². The minimum atomic E-state index is -3.46. The molecule has 1 aromatic rings. The summed E-state index contributed by atoms with van der Waals surface area (Å²) in [5, 5.41) is 0.0751. The molecule has 1 fully saturated rings. The zero-order chi connectivity index (χ0) is 18.2. The van der Waals surface area contributed by atoms with E-state index in [0.717, 1.165) is 5.69 Å². The van der Waals surface area contributed by atoms with Gasteiger partial charge in [0.15, 0.2) is 14.9 Å². The predicted octanol–water partition coefficient (Wildman–Crippen LogP) is 2.43. The Kier molecular flexibility index (Phi) is 4.95. The van der Waals surface area contributed by atoms with Crippen molar-refractivity contribution in [2.75, 3.05) is 24.6 Å². The summed E-state index contributed by atoms with van der Waals surface area (Å²) in [7, 11) is -3.46. The molecule has 0 spiro atoms. The number of ether oxygens (including phenoxy) is 1. The van der Waals surface area contributed by atoms with Crippen molar-refractivity contribution < 1.29 is 17.9 Å². The van der Waals surface area contributed by atoms with Crippen LogP contribution in [0.5, 0.6) is 0 Å². The number of hydrogen-bond acceptors (Lipinski definition) is 6. The van der Waals surface area contributed by atoms with Crippen LogP contribution in [0.2, 0.25) is 0 Å². The van der Waals surface area contributed by atoms with Gasteiger partial charge >= 0.3 is 5.97 Å². The van der Waals surface area contributed by atoms with Gasteiger partial charge in [0.05, 0.1) is 28.7 Å². The van der Waals surface area contributed by atoms with E-state index in [-0.39, 0.29) is 11.0 Å². The van der Waals surface area contributed by atoms with E-state index in [0.29, 0.717) is 26.1 Å². The van der Waals surface area contributed by atoms with Crippen LogP contribution in [-0.4, -0.2) is 43.8 Å². The maximum Gasteiger partial charge on any atom is 0.313 e. The molecule has 2 heterocycles. The number of rotatable bonds is 4. The van der Waals surface area contributed by atoms with Crippen LogP contribution in [0.4, 0.5) is 5.69 Å². The molecule has 0 bridgehead atoms. The first-order valence-corrected chi connectivity index (χ1v) is 9.62. The fourth-order valence-corrected chi connectivity index (χ4v) is 3.75. The average Bonchev–Trinajstić information content (AvgIpc) is 2.90. The van der Waals surface area contributed by atoms with Crippen LogP contribution in [-0.2, 0) is 19.4 Å². The lowest BCUT2D eigenvalue weighted by molar-refractivity contribution is -0.153. The van der Waals surface area contributed by atoms with Gasteiger partial charge in [0.2, 0.25) is 0 Å². The summed E-state index contributed by atoms with van der Waals surface area (Å²) in [6.45, 7) is 10.3. The van der Waals surface area contributed by atoms with Gasteiger partial charge in [-0.2, -0.15) is 0 Å². The Morgan fingerprint density at radius 3 is 2.54 bits per heavy atom. The van der Waals surface area contributed by atoms with Crippen molar-refractivity contribution in [1.29, 1.82) is 0 Å². The van der Waals surface area contributed by atoms with Crippen molar-refractivity contribution in [3.63, 3.8) is 0 Å². The molecule has 0 radical (unpaired) electrons. The highest BCUT2D eigenvalue weighted by atomic mass is 32.2. The highest BCUT2D eigenvalue weighted by molar-refractivity contribution is 7.92. The molecule has 0 aromatic carbocycles. The molecule has 7 heteroatoms. The second kappa shape index (κ2) is 6.35. The molecule has 0 N–H and O–H groups in total. The van der Waals surface area contributed by atoms with E-state index in [1.807, 2.05) is 11.8 Å². The van der Waals surface area contributed by atoms with E-state index < -0.39 is 20.0 Å². The smallest absolute Gasteiger partial charge is 0.313 e. The Morgan fingerprint density at radius 1 is 1.38 bits per heavy atom. The van der Waals surface area contributed by atoms with Gasteiger partial charge in [0, 0.05) is 13.1 Å². The third kappa shape index (κ3) is 3.41. The van der Waals surface area contributed by atoms with E-state index in [4.69, 9.17) is 4.74 Å². The van der Waals surface area contributed by atoms with Gasteiger partial charge in [0.1, 0.15) is 0 Å². The second-order valence-electron chi connectivity index (χ2n) is 7.42. The molecule has 0 amide bonds. The number of pyridine rings is 1. The van der Waals surface area contributed by atoms with Gasteiger partial charge < -0.3 is 9.64 Å². The van der Waals surface area contributed by atoms with Crippen molar-refractivity contribution in [3.05, 3.63) is 18.3 Å². The van der Waals surface area contributed by atoms with Gasteiger partial charge in [-0.3, -0.25) is 4.79 Å². The molecular weight excluding hydrogens is 328 g/mol. The number of carbonyl (C=O) groups is 1. The summed E-state index contributed by atoms with van der Waals surface area (Å²) in [6, 6.07) is 3.29. The lowest BCUT2D eigenvalue weighted by Crippen LogP contribution is -2.33. The van der Waals surface area contributed by atoms with Crippen LogP contribution in [0.15, 0.2) is 23.4 Å². The van der Waals surface area contributed by atoms with E-state index in [9.17, 15) is 13.2 Å². The molecule has 6 nitrogen and oxygen atoms in total. The molecule has 1 aliphatic rings. The topological polar surface area (TPSA) is 76.6 Å². The fourth-order valence-electron chi connectivity index (χ4n) is 2.69. The summed E-state index contributed by atoms with van der Waals surface area (Å²) in [4.78, 5) is 18.3. The third-order valence-corrected chi connectivity index (χ3v) is 6.81. The highest BCUT2D eigenvalue weighted by Gasteiger charge is 2.42. The van der Waals surface area contributed by atoms with Gasteiger partial charge in [-0.1, -0.05) is 0 Å². The summed E-state index contributed by atoms with van der Waals surface area (Å²) in [5.74, 6) is -0.188. The standard InChI is InChI=1S/C17H26N2O4S/c1-6-23-15(20)17(5)9-10-19(12-17)13-7-8-14(18-11-13)24(21,22)16(2,3)4/h7-8,11H,6,9-10,12H2,1-5H3. The molecule has 1 aliphatic heterocycles. The normalized spacial score (nSPS) is 21.8. The molecule has 1 saturated heterocycles. The Bertz CT molecular complexity index is 707. The van der Waals surface area contributed by atoms with Gasteiger partial charge in [-0.05, 0) is 53.2 Å².